The van der Waals surface area contributed by atoms with Gasteiger partial charge in [-0.3, -0.25) is 0 Å². The van der Waals surface area contributed by atoms with Crippen molar-refractivity contribution >= 4 is 37.3 Å². The Morgan fingerprint density at radius 2 is 1.93 bits per heavy atom. The molecule has 80 valence electrons. The fraction of sp³-hybridized carbons (Fsp3) is 0.500. The van der Waals surface area contributed by atoms with Gasteiger partial charge >= 0.3 is 0 Å². The Labute approximate surface area is 96.7 Å². The maximum atomic E-state index is 11.8. The molecule has 3 nitrogen and oxygen atoms in total. The molecule has 0 unspecified atom stereocenters. The van der Waals surface area contributed by atoms with E-state index in [0.717, 1.165) is 0 Å². The molecule has 0 aliphatic heterocycles. The van der Waals surface area contributed by atoms with Crippen LogP contribution in [0, 0.1) is 0 Å². The van der Waals surface area contributed by atoms with Crippen LogP contribution < -0.4 is 4.72 Å². The number of nitrogens with one attached hydrogen (secondary N) is 1. The molecular weight excluding hydrogens is 286 g/mol. The molecule has 14 heavy (non-hydrogen) atoms. The van der Waals surface area contributed by atoms with Crippen molar-refractivity contribution in [3.63, 3.8) is 0 Å². The molecule has 0 fully saturated rings. The molecule has 0 saturated carbocycles. The summed E-state index contributed by atoms with van der Waals surface area (Å²) in [6.07, 6.45) is 0. The molecule has 0 aromatic carbocycles. The highest BCUT2D eigenvalue weighted by atomic mass is 79.9. The SMILES string of the molecule is CC(C)(C)NS(=O)(=O)c1cscc1Br. The van der Waals surface area contributed by atoms with E-state index >= 15 is 0 Å². The molecule has 1 rings (SSSR count). The van der Waals surface area contributed by atoms with E-state index < -0.39 is 15.6 Å². The lowest BCUT2D eigenvalue weighted by molar-refractivity contribution is 0.491. The van der Waals surface area contributed by atoms with Crippen LogP contribution in [-0.2, 0) is 10.0 Å². The van der Waals surface area contributed by atoms with E-state index in [1.165, 1.54) is 11.3 Å². The second kappa shape index (κ2) is 3.92. The molecule has 0 atom stereocenters. The van der Waals surface area contributed by atoms with Gasteiger partial charge in [-0.15, -0.1) is 11.3 Å². The predicted octanol–water partition coefficient (Wildman–Crippen LogP) is 2.59. The third-order valence-electron chi connectivity index (χ3n) is 1.31. The molecule has 0 saturated heterocycles. The van der Waals surface area contributed by atoms with Crippen LogP contribution >= 0.6 is 27.3 Å². The number of sulfonamides is 1. The van der Waals surface area contributed by atoms with Crippen molar-refractivity contribution in [1.29, 1.82) is 0 Å². The topological polar surface area (TPSA) is 46.2 Å². The van der Waals surface area contributed by atoms with Gasteiger partial charge in [0.15, 0.2) is 0 Å². The molecule has 0 bridgehead atoms. The summed E-state index contributed by atoms with van der Waals surface area (Å²) in [7, 11) is -3.39. The number of halogens is 1. The summed E-state index contributed by atoms with van der Waals surface area (Å²) < 4.78 is 26.8. The average Bonchev–Trinajstić information content (AvgIpc) is 2.29. The van der Waals surface area contributed by atoms with Crippen LogP contribution in [-0.4, -0.2) is 14.0 Å². The van der Waals surface area contributed by atoms with E-state index in [0.29, 0.717) is 9.37 Å². The maximum absolute atomic E-state index is 11.8. The lowest BCUT2D eigenvalue weighted by Gasteiger charge is -2.19. The minimum absolute atomic E-state index is 0.303. The predicted molar refractivity (Wildman–Crippen MR) is 62.1 cm³/mol. The Bertz CT molecular complexity index is 417. The van der Waals surface area contributed by atoms with Crippen molar-refractivity contribution in [2.24, 2.45) is 0 Å². The van der Waals surface area contributed by atoms with Gasteiger partial charge in [-0.05, 0) is 36.7 Å². The molecule has 1 aromatic rings. The summed E-state index contributed by atoms with van der Waals surface area (Å²) in [5.41, 5.74) is -0.458. The Balaban J connectivity index is 3.05. The van der Waals surface area contributed by atoms with Gasteiger partial charge in [-0.2, -0.15) is 0 Å². The van der Waals surface area contributed by atoms with Gasteiger partial charge in [0.25, 0.3) is 0 Å². The van der Waals surface area contributed by atoms with Crippen LogP contribution in [0.3, 0.4) is 0 Å². The van der Waals surface area contributed by atoms with Crippen molar-refractivity contribution in [2.45, 2.75) is 31.2 Å². The minimum atomic E-state index is -3.39. The van der Waals surface area contributed by atoms with Crippen LogP contribution in [0.1, 0.15) is 20.8 Å². The second-order valence-corrected chi connectivity index (χ2v) is 7.19. The fourth-order valence-corrected chi connectivity index (χ4v) is 4.69. The second-order valence-electron chi connectivity index (χ2n) is 3.94. The lowest BCUT2D eigenvalue weighted by atomic mass is 10.1. The smallest absolute Gasteiger partial charge is 0.207 e. The van der Waals surface area contributed by atoms with Crippen LogP contribution in [0.5, 0.6) is 0 Å². The number of hydrogen-bond acceptors (Lipinski definition) is 3. The van der Waals surface area contributed by atoms with Crippen molar-refractivity contribution in [2.75, 3.05) is 0 Å². The molecular formula is C8H12BrNO2S2. The Morgan fingerprint density at radius 3 is 2.29 bits per heavy atom. The summed E-state index contributed by atoms with van der Waals surface area (Å²) in [6, 6.07) is 0. The van der Waals surface area contributed by atoms with Crippen LogP contribution in [0.25, 0.3) is 0 Å². The van der Waals surface area contributed by atoms with Crippen molar-refractivity contribution in [3.05, 3.63) is 15.2 Å². The molecule has 1 N–H and O–H groups in total. The zero-order valence-corrected chi connectivity index (χ0v) is 11.4. The van der Waals surface area contributed by atoms with Gasteiger partial charge < -0.3 is 0 Å². The molecule has 0 aliphatic rings. The first-order chi connectivity index (χ1) is 6.22. The number of hydrogen-bond donors (Lipinski definition) is 1. The highest BCUT2D eigenvalue weighted by Gasteiger charge is 2.24. The lowest BCUT2D eigenvalue weighted by Crippen LogP contribution is -2.40. The van der Waals surface area contributed by atoms with Crippen molar-refractivity contribution in [3.8, 4) is 0 Å². The quantitative estimate of drug-likeness (QED) is 0.912. The molecule has 0 radical (unpaired) electrons. The van der Waals surface area contributed by atoms with Gasteiger partial charge in [0.1, 0.15) is 4.90 Å². The summed E-state index contributed by atoms with van der Waals surface area (Å²) in [5.74, 6) is 0. The zero-order valence-electron chi connectivity index (χ0n) is 8.17. The van der Waals surface area contributed by atoms with Crippen LogP contribution in [0.4, 0.5) is 0 Å². The van der Waals surface area contributed by atoms with E-state index in [-0.39, 0.29) is 0 Å². The van der Waals surface area contributed by atoms with E-state index in [4.69, 9.17) is 0 Å². The van der Waals surface area contributed by atoms with Gasteiger partial charge in [-0.1, -0.05) is 0 Å². The van der Waals surface area contributed by atoms with Gasteiger partial charge in [0.05, 0.1) is 0 Å². The Morgan fingerprint density at radius 1 is 1.36 bits per heavy atom. The Hall–Kier alpha value is 0.0900. The normalized spacial score (nSPS) is 13.1. The third kappa shape index (κ3) is 3.05. The van der Waals surface area contributed by atoms with E-state index in [2.05, 4.69) is 20.7 Å². The van der Waals surface area contributed by atoms with Crippen LogP contribution in [0.15, 0.2) is 20.1 Å². The number of rotatable bonds is 2. The monoisotopic (exact) mass is 297 g/mol. The summed E-state index contributed by atoms with van der Waals surface area (Å²) in [6.45, 7) is 5.43. The zero-order chi connectivity index (χ0) is 11.0. The average molecular weight is 298 g/mol. The highest BCUT2D eigenvalue weighted by Crippen LogP contribution is 2.26. The molecule has 6 heteroatoms. The first kappa shape index (κ1) is 12.2. The summed E-state index contributed by atoms with van der Waals surface area (Å²) in [5, 5.41) is 3.36. The number of thiophene rings is 1. The standard InChI is InChI=1S/C8H12BrNO2S2/c1-8(2,3)10-14(11,12)7-5-13-4-6(7)9/h4-5,10H,1-3H3. The molecule has 1 heterocycles. The minimum Gasteiger partial charge on any atom is -0.207 e. The van der Waals surface area contributed by atoms with Gasteiger partial charge in [0.2, 0.25) is 10.0 Å². The van der Waals surface area contributed by atoms with E-state index in [1.54, 1.807) is 10.8 Å². The van der Waals surface area contributed by atoms with Gasteiger partial charge in [-0.25, -0.2) is 13.1 Å². The van der Waals surface area contributed by atoms with Gasteiger partial charge in [0, 0.05) is 20.8 Å². The molecule has 0 aliphatic carbocycles. The van der Waals surface area contributed by atoms with Crippen molar-refractivity contribution < 1.29 is 8.42 Å². The first-order valence-corrected chi connectivity index (χ1v) is 7.20. The summed E-state index contributed by atoms with van der Waals surface area (Å²) >= 11 is 4.55. The molecule has 1 aromatic heterocycles. The summed E-state index contributed by atoms with van der Waals surface area (Å²) in [4.78, 5) is 0.303. The van der Waals surface area contributed by atoms with E-state index in [1.807, 2.05) is 20.8 Å². The van der Waals surface area contributed by atoms with Crippen LogP contribution in [0.2, 0.25) is 0 Å². The first-order valence-electron chi connectivity index (χ1n) is 3.98. The molecule has 0 amide bonds. The largest absolute Gasteiger partial charge is 0.242 e. The highest BCUT2D eigenvalue weighted by molar-refractivity contribution is 9.10. The van der Waals surface area contributed by atoms with E-state index in [9.17, 15) is 8.42 Å². The maximum Gasteiger partial charge on any atom is 0.242 e. The Kier molecular flexibility index (Phi) is 3.41. The van der Waals surface area contributed by atoms with Crippen molar-refractivity contribution in [1.82, 2.24) is 4.72 Å². The fourth-order valence-electron chi connectivity index (χ4n) is 0.920. The molecule has 0 spiro atoms. The third-order valence-corrected chi connectivity index (χ3v) is 5.22.